The minimum Gasteiger partial charge on any atom is -0.331 e. The van der Waals surface area contributed by atoms with E-state index in [4.69, 9.17) is 0 Å². The molecule has 0 radical (unpaired) electrons. The third-order valence-electron chi connectivity index (χ3n) is 2.33. The van der Waals surface area contributed by atoms with Crippen LogP contribution in [-0.2, 0) is 0 Å². The Labute approximate surface area is 79.9 Å². The van der Waals surface area contributed by atoms with Gasteiger partial charge in [-0.05, 0) is 13.0 Å². The highest BCUT2D eigenvalue weighted by atomic mass is 16.2. The SMILES string of the molecule is CCN[C@@H]1CCN(C(=O)N(C)C)C1. The van der Waals surface area contributed by atoms with Crippen LogP contribution in [0.4, 0.5) is 4.79 Å². The van der Waals surface area contributed by atoms with Crippen molar-refractivity contribution >= 4 is 6.03 Å². The molecule has 0 aromatic heterocycles. The van der Waals surface area contributed by atoms with Gasteiger partial charge in [0, 0.05) is 33.2 Å². The van der Waals surface area contributed by atoms with Crippen LogP contribution in [0.25, 0.3) is 0 Å². The number of nitrogens with one attached hydrogen (secondary N) is 1. The van der Waals surface area contributed by atoms with Crippen LogP contribution in [0.2, 0.25) is 0 Å². The molecular formula is C9H19N3O. The number of amides is 2. The average molecular weight is 185 g/mol. The molecule has 1 N–H and O–H groups in total. The summed E-state index contributed by atoms with van der Waals surface area (Å²) in [6.45, 7) is 4.81. The van der Waals surface area contributed by atoms with E-state index in [1.165, 1.54) is 0 Å². The lowest BCUT2D eigenvalue weighted by Gasteiger charge is -2.21. The van der Waals surface area contributed by atoms with Gasteiger partial charge in [-0.15, -0.1) is 0 Å². The van der Waals surface area contributed by atoms with E-state index in [1.807, 2.05) is 4.90 Å². The van der Waals surface area contributed by atoms with E-state index >= 15 is 0 Å². The minimum atomic E-state index is 0.125. The number of rotatable bonds is 2. The molecule has 0 aromatic carbocycles. The van der Waals surface area contributed by atoms with Gasteiger partial charge in [-0.1, -0.05) is 6.92 Å². The number of carbonyl (C=O) groups is 1. The normalized spacial score (nSPS) is 22.1. The Bertz CT molecular complexity index is 182. The van der Waals surface area contributed by atoms with E-state index in [0.29, 0.717) is 6.04 Å². The number of likely N-dealkylation sites (N-methyl/N-ethyl adjacent to an activating group) is 1. The number of carbonyl (C=O) groups excluding carboxylic acids is 1. The lowest BCUT2D eigenvalue weighted by atomic mass is 10.3. The molecule has 0 aliphatic carbocycles. The highest BCUT2D eigenvalue weighted by Gasteiger charge is 2.26. The lowest BCUT2D eigenvalue weighted by Crippen LogP contribution is -2.40. The standard InChI is InChI=1S/C9H19N3O/c1-4-10-8-5-6-12(7-8)9(13)11(2)3/h8,10H,4-7H2,1-3H3/t8-/m1/s1. The van der Waals surface area contributed by atoms with Crippen LogP contribution in [-0.4, -0.2) is 55.6 Å². The van der Waals surface area contributed by atoms with Gasteiger partial charge in [-0.2, -0.15) is 0 Å². The monoisotopic (exact) mass is 185 g/mol. The highest BCUT2D eigenvalue weighted by Crippen LogP contribution is 2.10. The second-order valence-electron chi connectivity index (χ2n) is 3.67. The molecule has 0 unspecified atom stereocenters. The molecule has 0 spiro atoms. The zero-order valence-electron chi connectivity index (χ0n) is 8.71. The van der Waals surface area contributed by atoms with Crippen LogP contribution < -0.4 is 5.32 Å². The Kier molecular flexibility index (Phi) is 3.54. The molecular weight excluding hydrogens is 166 g/mol. The topological polar surface area (TPSA) is 35.6 Å². The molecule has 76 valence electrons. The summed E-state index contributed by atoms with van der Waals surface area (Å²) in [6.07, 6.45) is 1.08. The molecule has 1 atom stereocenters. The Hall–Kier alpha value is -0.770. The minimum absolute atomic E-state index is 0.125. The van der Waals surface area contributed by atoms with E-state index in [2.05, 4.69) is 12.2 Å². The molecule has 1 fully saturated rings. The van der Waals surface area contributed by atoms with Crippen molar-refractivity contribution in [3.05, 3.63) is 0 Å². The predicted octanol–water partition coefficient (Wildman–Crippen LogP) is 0.352. The van der Waals surface area contributed by atoms with Crippen LogP contribution in [0.1, 0.15) is 13.3 Å². The highest BCUT2D eigenvalue weighted by molar-refractivity contribution is 5.74. The molecule has 1 rings (SSSR count). The zero-order chi connectivity index (χ0) is 9.84. The number of hydrogen-bond acceptors (Lipinski definition) is 2. The van der Waals surface area contributed by atoms with Gasteiger partial charge in [0.15, 0.2) is 0 Å². The largest absolute Gasteiger partial charge is 0.331 e. The lowest BCUT2D eigenvalue weighted by molar-refractivity contribution is 0.180. The fourth-order valence-corrected chi connectivity index (χ4v) is 1.67. The van der Waals surface area contributed by atoms with E-state index in [0.717, 1.165) is 26.1 Å². The summed E-state index contributed by atoms with van der Waals surface area (Å²) in [5.41, 5.74) is 0. The third-order valence-corrected chi connectivity index (χ3v) is 2.33. The summed E-state index contributed by atoms with van der Waals surface area (Å²) < 4.78 is 0. The quantitative estimate of drug-likeness (QED) is 0.674. The van der Waals surface area contributed by atoms with Crippen LogP contribution in [0, 0.1) is 0 Å². The summed E-state index contributed by atoms with van der Waals surface area (Å²) in [4.78, 5) is 15.0. The first-order valence-corrected chi connectivity index (χ1v) is 4.84. The van der Waals surface area contributed by atoms with Crippen LogP contribution in [0.5, 0.6) is 0 Å². The van der Waals surface area contributed by atoms with E-state index in [1.54, 1.807) is 19.0 Å². The molecule has 4 nitrogen and oxygen atoms in total. The van der Waals surface area contributed by atoms with Gasteiger partial charge in [-0.25, -0.2) is 4.79 Å². The number of likely N-dealkylation sites (tertiary alicyclic amines) is 1. The van der Waals surface area contributed by atoms with Crippen molar-refractivity contribution in [2.75, 3.05) is 33.7 Å². The number of hydrogen-bond donors (Lipinski definition) is 1. The summed E-state index contributed by atoms with van der Waals surface area (Å²) >= 11 is 0. The van der Waals surface area contributed by atoms with Crippen molar-refractivity contribution < 1.29 is 4.79 Å². The number of urea groups is 1. The summed E-state index contributed by atoms with van der Waals surface area (Å²) in [6, 6.07) is 0.620. The molecule has 1 aliphatic heterocycles. The van der Waals surface area contributed by atoms with Crippen molar-refractivity contribution in [2.45, 2.75) is 19.4 Å². The maximum atomic E-state index is 11.5. The van der Waals surface area contributed by atoms with Crippen molar-refractivity contribution in [2.24, 2.45) is 0 Å². The molecule has 0 saturated carbocycles. The average Bonchev–Trinajstić information content (AvgIpc) is 2.52. The van der Waals surface area contributed by atoms with Gasteiger partial charge in [0.25, 0.3) is 0 Å². The second-order valence-corrected chi connectivity index (χ2v) is 3.67. The van der Waals surface area contributed by atoms with E-state index < -0.39 is 0 Å². The van der Waals surface area contributed by atoms with E-state index in [-0.39, 0.29) is 6.03 Å². The summed E-state index contributed by atoms with van der Waals surface area (Å²) in [5, 5.41) is 3.36. The molecule has 4 heteroatoms. The van der Waals surface area contributed by atoms with Gasteiger partial charge >= 0.3 is 6.03 Å². The van der Waals surface area contributed by atoms with Gasteiger partial charge in [0.05, 0.1) is 0 Å². The van der Waals surface area contributed by atoms with E-state index in [9.17, 15) is 4.79 Å². The van der Waals surface area contributed by atoms with Crippen molar-refractivity contribution in [1.29, 1.82) is 0 Å². The Morgan fingerprint density at radius 1 is 1.62 bits per heavy atom. The predicted molar refractivity (Wildman–Crippen MR) is 52.7 cm³/mol. The summed E-state index contributed by atoms with van der Waals surface area (Å²) in [7, 11) is 3.59. The zero-order valence-corrected chi connectivity index (χ0v) is 8.71. The molecule has 0 bridgehead atoms. The van der Waals surface area contributed by atoms with Crippen LogP contribution in [0.15, 0.2) is 0 Å². The fourth-order valence-electron chi connectivity index (χ4n) is 1.67. The maximum Gasteiger partial charge on any atom is 0.319 e. The smallest absolute Gasteiger partial charge is 0.319 e. The van der Waals surface area contributed by atoms with Gasteiger partial charge in [-0.3, -0.25) is 0 Å². The molecule has 13 heavy (non-hydrogen) atoms. The Morgan fingerprint density at radius 2 is 2.31 bits per heavy atom. The van der Waals surface area contributed by atoms with Gasteiger partial charge in [0.2, 0.25) is 0 Å². The van der Waals surface area contributed by atoms with Gasteiger partial charge in [0.1, 0.15) is 0 Å². The Morgan fingerprint density at radius 3 is 2.85 bits per heavy atom. The van der Waals surface area contributed by atoms with Crippen molar-refractivity contribution in [1.82, 2.24) is 15.1 Å². The Balaban J connectivity index is 2.36. The van der Waals surface area contributed by atoms with Crippen LogP contribution >= 0.6 is 0 Å². The first kappa shape index (κ1) is 10.3. The first-order chi connectivity index (χ1) is 6.15. The maximum absolute atomic E-state index is 11.5. The first-order valence-electron chi connectivity index (χ1n) is 4.84. The van der Waals surface area contributed by atoms with Crippen LogP contribution in [0.3, 0.4) is 0 Å². The molecule has 1 heterocycles. The molecule has 2 amide bonds. The van der Waals surface area contributed by atoms with Gasteiger partial charge < -0.3 is 15.1 Å². The van der Waals surface area contributed by atoms with Crippen molar-refractivity contribution in [3.8, 4) is 0 Å². The molecule has 1 saturated heterocycles. The number of nitrogens with zero attached hydrogens (tertiary/aromatic N) is 2. The molecule has 0 aromatic rings. The summed E-state index contributed by atoms with van der Waals surface area (Å²) in [5.74, 6) is 0. The third kappa shape index (κ3) is 2.59. The fraction of sp³-hybridized carbons (Fsp3) is 0.889. The molecule has 1 aliphatic rings. The second kappa shape index (κ2) is 4.46. The van der Waals surface area contributed by atoms with Crippen molar-refractivity contribution in [3.63, 3.8) is 0 Å².